The van der Waals surface area contributed by atoms with Crippen LogP contribution in [0.2, 0.25) is 0 Å². The minimum absolute atomic E-state index is 0.189. The summed E-state index contributed by atoms with van der Waals surface area (Å²) in [6, 6.07) is 0. The Morgan fingerprint density at radius 2 is 1.88 bits per heavy atom. The van der Waals surface area contributed by atoms with Gasteiger partial charge >= 0.3 is 0 Å². The van der Waals surface area contributed by atoms with E-state index in [9.17, 15) is 13.5 Å². The second kappa shape index (κ2) is 5.00. The highest BCUT2D eigenvalue weighted by Crippen LogP contribution is 2.24. The quantitative estimate of drug-likeness (QED) is 0.775. The van der Waals surface area contributed by atoms with Crippen molar-refractivity contribution in [1.29, 1.82) is 0 Å². The lowest BCUT2D eigenvalue weighted by Gasteiger charge is -2.36. The molecule has 0 atom stereocenters. The molecular weight excluding hydrogens is 230 g/mol. The maximum absolute atomic E-state index is 12.3. The van der Waals surface area contributed by atoms with Gasteiger partial charge in [0.05, 0.1) is 17.4 Å². The van der Waals surface area contributed by atoms with E-state index >= 15 is 0 Å². The number of hydrogen-bond acceptors (Lipinski definition) is 4. The number of ether oxygens (including phenoxy) is 1. The van der Waals surface area contributed by atoms with Crippen molar-refractivity contribution >= 4 is 10.0 Å². The van der Waals surface area contributed by atoms with Gasteiger partial charge in [-0.3, -0.25) is 0 Å². The number of aliphatic hydroxyl groups is 1. The molecule has 0 unspecified atom stereocenters. The van der Waals surface area contributed by atoms with Crippen LogP contribution in [-0.2, 0) is 14.8 Å². The van der Waals surface area contributed by atoms with E-state index in [1.54, 1.807) is 13.8 Å². The first-order valence-electron chi connectivity index (χ1n) is 5.49. The Kier molecular flexibility index (Phi) is 4.34. The van der Waals surface area contributed by atoms with Crippen molar-refractivity contribution in [2.45, 2.75) is 37.5 Å². The molecule has 96 valence electrons. The number of aliphatic hydroxyl groups excluding tert-OH is 1. The Balaban J connectivity index is 2.84. The third kappa shape index (κ3) is 2.74. The zero-order valence-electron chi connectivity index (χ0n) is 10.1. The van der Waals surface area contributed by atoms with Gasteiger partial charge in [-0.25, -0.2) is 8.42 Å². The standard InChI is InChI=1S/C10H21NO4S/c1-10(2,8-12)11(3)16(13,14)9-4-6-15-7-5-9/h9,12H,4-8H2,1-3H3. The third-order valence-electron chi connectivity index (χ3n) is 3.21. The highest BCUT2D eigenvalue weighted by molar-refractivity contribution is 7.89. The first-order valence-corrected chi connectivity index (χ1v) is 6.99. The molecule has 1 saturated heterocycles. The summed E-state index contributed by atoms with van der Waals surface area (Å²) in [5.41, 5.74) is -0.753. The van der Waals surface area contributed by atoms with Gasteiger partial charge < -0.3 is 9.84 Å². The SMILES string of the molecule is CN(C(C)(C)CO)S(=O)(=O)C1CCOCC1. The lowest BCUT2D eigenvalue weighted by molar-refractivity contribution is 0.0939. The van der Waals surface area contributed by atoms with E-state index in [1.165, 1.54) is 11.4 Å². The molecule has 1 aliphatic rings. The Labute approximate surface area is 97.4 Å². The van der Waals surface area contributed by atoms with Crippen LogP contribution in [0.4, 0.5) is 0 Å². The largest absolute Gasteiger partial charge is 0.394 e. The predicted molar refractivity (Wildman–Crippen MR) is 61.7 cm³/mol. The van der Waals surface area contributed by atoms with Crippen LogP contribution in [0.3, 0.4) is 0 Å². The van der Waals surface area contributed by atoms with E-state index in [0.29, 0.717) is 26.1 Å². The Hall–Kier alpha value is -0.170. The first-order chi connectivity index (χ1) is 7.32. The zero-order valence-corrected chi connectivity index (χ0v) is 11.0. The summed E-state index contributed by atoms with van der Waals surface area (Å²) in [7, 11) is -1.81. The van der Waals surface area contributed by atoms with Crippen LogP contribution in [-0.4, -0.2) is 55.5 Å². The lowest BCUT2D eigenvalue weighted by atomic mass is 10.1. The van der Waals surface area contributed by atoms with Crippen molar-refractivity contribution in [1.82, 2.24) is 4.31 Å². The van der Waals surface area contributed by atoms with Crippen molar-refractivity contribution in [2.24, 2.45) is 0 Å². The minimum Gasteiger partial charge on any atom is -0.394 e. The van der Waals surface area contributed by atoms with E-state index in [4.69, 9.17) is 4.74 Å². The summed E-state index contributed by atoms with van der Waals surface area (Å²) < 4.78 is 30.9. The van der Waals surface area contributed by atoms with Gasteiger partial charge in [0, 0.05) is 20.3 Å². The molecule has 0 aromatic heterocycles. The van der Waals surface area contributed by atoms with Gasteiger partial charge in [-0.1, -0.05) is 0 Å². The summed E-state index contributed by atoms with van der Waals surface area (Å²) in [6.45, 7) is 4.23. The number of sulfonamides is 1. The van der Waals surface area contributed by atoms with Crippen molar-refractivity contribution in [2.75, 3.05) is 26.9 Å². The monoisotopic (exact) mass is 251 g/mol. The number of nitrogens with zero attached hydrogens (tertiary/aromatic N) is 1. The zero-order chi connectivity index (χ0) is 12.4. The van der Waals surface area contributed by atoms with Gasteiger partial charge in [0.1, 0.15) is 0 Å². The normalized spacial score (nSPS) is 20.3. The van der Waals surface area contributed by atoms with Crippen molar-refractivity contribution in [3.8, 4) is 0 Å². The molecule has 0 saturated carbocycles. The molecule has 0 aliphatic carbocycles. The number of hydrogen-bond donors (Lipinski definition) is 1. The Bertz CT molecular complexity index is 320. The van der Waals surface area contributed by atoms with Crippen LogP contribution in [0.5, 0.6) is 0 Å². The summed E-state index contributed by atoms with van der Waals surface area (Å²) in [5, 5.41) is 8.82. The molecule has 6 heteroatoms. The van der Waals surface area contributed by atoms with E-state index in [2.05, 4.69) is 0 Å². The fourth-order valence-corrected chi connectivity index (χ4v) is 3.62. The molecule has 1 rings (SSSR count). The molecule has 0 radical (unpaired) electrons. The van der Waals surface area contributed by atoms with Gasteiger partial charge in [0.2, 0.25) is 10.0 Å². The average molecular weight is 251 g/mol. The van der Waals surface area contributed by atoms with E-state index in [0.717, 1.165) is 0 Å². The molecule has 5 nitrogen and oxygen atoms in total. The topological polar surface area (TPSA) is 66.8 Å². The van der Waals surface area contributed by atoms with Crippen molar-refractivity contribution in [3.63, 3.8) is 0 Å². The van der Waals surface area contributed by atoms with Gasteiger partial charge in [0.15, 0.2) is 0 Å². The smallest absolute Gasteiger partial charge is 0.217 e. The van der Waals surface area contributed by atoms with Crippen LogP contribution in [0.15, 0.2) is 0 Å². The molecule has 1 aliphatic heterocycles. The van der Waals surface area contributed by atoms with E-state index in [1.807, 2.05) is 0 Å². The minimum atomic E-state index is -3.34. The number of rotatable bonds is 4. The van der Waals surface area contributed by atoms with E-state index in [-0.39, 0.29) is 11.9 Å². The second-order valence-electron chi connectivity index (χ2n) is 4.79. The van der Waals surface area contributed by atoms with E-state index < -0.39 is 15.6 Å². The molecule has 1 heterocycles. The average Bonchev–Trinajstić information content (AvgIpc) is 2.29. The van der Waals surface area contributed by atoms with Gasteiger partial charge in [-0.15, -0.1) is 0 Å². The molecular formula is C10H21NO4S. The molecule has 1 fully saturated rings. The summed E-state index contributed by atoms with van der Waals surface area (Å²) in [6.07, 6.45) is 1.07. The lowest BCUT2D eigenvalue weighted by Crippen LogP contribution is -2.51. The third-order valence-corrected chi connectivity index (χ3v) is 5.78. The second-order valence-corrected chi connectivity index (χ2v) is 7.04. The molecule has 1 N–H and O–H groups in total. The van der Waals surface area contributed by atoms with Crippen molar-refractivity contribution < 1.29 is 18.3 Å². The Morgan fingerprint density at radius 3 is 2.31 bits per heavy atom. The summed E-state index contributed by atoms with van der Waals surface area (Å²) in [5.74, 6) is 0. The molecule has 0 amide bonds. The van der Waals surface area contributed by atoms with Crippen LogP contribution in [0.25, 0.3) is 0 Å². The van der Waals surface area contributed by atoms with Gasteiger partial charge in [-0.05, 0) is 26.7 Å². The van der Waals surface area contributed by atoms with Crippen LogP contribution >= 0.6 is 0 Å². The first kappa shape index (κ1) is 13.9. The molecule has 16 heavy (non-hydrogen) atoms. The molecule has 0 aromatic carbocycles. The summed E-state index contributed by atoms with van der Waals surface area (Å²) in [4.78, 5) is 0. The predicted octanol–water partition coefficient (Wildman–Crippen LogP) is 0.198. The van der Waals surface area contributed by atoms with Gasteiger partial charge in [0.25, 0.3) is 0 Å². The number of likely N-dealkylation sites (N-methyl/N-ethyl adjacent to an activating group) is 1. The fourth-order valence-electron chi connectivity index (χ4n) is 1.64. The van der Waals surface area contributed by atoms with Gasteiger partial charge in [-0.2, -0.15) is 4.31 Å². The molecule has 0 spiro atoms. The molecule has 0 bridgehead atoms. The molecule has 0 aromatic rings. The maximum Gasteiger partial charge on any atom is 0.217 e. The highest BCUT2D eigenvalue weighted by atomic mass is 32.2. The Morgan fingerprint density at radius 1 is 1.38 bits per heavy atom. The summed E-state index contributed by atoms with van der Waals surface area (Å²) >= 11 is 0. The van der Waals surface area contributed by atoms with Crippen LogP contribution in [0, 0.1) is 0 Å². The van der Waals surface area contributed by atoms with Crippen LogP contribution < -0.4 is 0 Å². The van der Waals surface area contributed by atoms with Crippen LogP contribution in [0.1, 0.15) is 26.7 Å². The fraction of sp³-hybridized carbons (Fsp3) is 1.00. The maximum atomic E-state index is 12.3. The highest BCUT2D eigenvalue weighted by Gasteiger charge is 2.38. The van der Waals surface area contributed by atoms with Crippen molar-refractivity contribution in [3.05, 3.63) is 0 Å².